The third-order valence-corrected chi connectivity index (χ3v) is 4.89. The topological polar surface area (TPSA) is 68.6 Å². The average Bonchev–Trinajstić information content (AvgIpc) is 3.11. The first-order valence-corrected chi connectivity index (χ1v) is 8.26. The van der Waals surface area contributed by atoms with Crippen molar-refractivity contribution in [1.82, 2.24) is 14.6 Å². The summed E-state index contributed by atoms with van der Waals surface area (Å²) < 4.78 is 12.3. The van der Waals surface area contributed by atoms with E-state index < -0.39 is 0 Å². The maximum absolute atomic E-state index is 12.4. The van der Waals surface area contributed by atoms with Gasteiger partial charge in [-0.3, -0.25) is 9.89 Å². The van der Waals surface area contributed by atoms with Crippen molar-refractivity contribution in [3.8, 4) is 11.5 Å². The fraction of sp³-hybridized carbons (Fsp3) is 0.333. The van der Waals surface area contributed by atoms with Crippen LogP contribution < -0.4 is 15.0 Å². The first-order chi connectivity index (χ1) is 11.8. The standard InChI is InChI=1S/C18H17N3O3/c22-18-8-13(6-11-4-5-15-16(7-11)24-10-23-15)19-17-9-14(20-21(17)18)12-2-1-3-12/h4-5,7-9,12,20H,1-3,6,10H2. The highest BCUT2D eigenvalue weighted by Gasteiger charge is 2.22. The molecule has 0 bridgehead atoms. The monoisotopic (exact) mass is 323 g/mol. The number of fused-ring (bicyclic) bond motifs is 2. The molecule has 1 saturated carbocycles. The number of aromatic amines is 1. The normalized spacial score (nSPS) is 16.5. The number of H-pyrrole nitrogens is 1. The van der Waals surface area contributed by atoms with Crippen molar-refractivity contribution in [3.05, 3.63) is 57.6 Å². The van der Waals surface area contributed by atoms with E-state index in [0.717, 1.165) is 28.5 Å². The summed E-state index contributed by atoms with van der Waals surface area (Å²) in [5.74, 6) is 2.06. The fourth-order valence-electron chi connectivity index (χ4n) is 3.34. The number of nitrogens with zero attached hydrogens (tertiary/aromatic N) is 2. The number of hydrogen-bond acceptors (Lipinski definition) is 4. The Morgan fingerprint density at radius 1 is 1.17 bits per heavy atom. The van der Waals surface area contributed by atoms with Crippen LogP contribution in [0.25, 0.3) is 5.65 Å². The van der Waals surface area contributed by atoms with Crippen LogP contribution in [0.3, 0.4) is 0 Å². The number of hydrogen-bond donors (Lipinski definition) is 1. The van der Waals surface area contributed by atoms with Gasteiger partial charge in [0.05, 0.1) is 5.69 Å². The van der Waals surface area contributed by atoms with Crippen LogP contribution in [0, 0.1) is 0 Å². The first-order valence-electron chi connectivity index (χ1n) is 8.26. The van der Waals surface area contributed by atoms with Crippen LogP contribution >= 0.6 is 0 Å². The minimum absolute atomic E-state index is 0.0682. The lowest BCUT2D eigenvalue weighted by atomic mass is 9.83. The van der Waals surface area contributed by atoms with Crippen LogP contribution in [0.2, 0.25) is 0 Å². The number of ether oxygens (including phenoxy) is 2. The molecule has 2 aliphatic rings. The SMILES string of the molecule is O=c1cc(Cc2ccc3c(c2)OCO3)nc2cc(C3CCC3)[nH]n12. The molecule has 0 amide bonds. The molecule has 24 heavy (non-hydrogen) atoms. The van der Waals surface area contributed by atoms with Crippen molar-refractivity contribution in [3.63, 3.8) is 0 Å². The lowest BCUT2D eigenvalue weighted by Crippen LogP contribution is -2.16. The van der Waals surface area contributed by atoms with Gasteiger partial charge in [-0.25, -0.2) is 9.50 Å². The quantitative estimate of drug-likeness (QED) is 0.804. The molecule has 1 aromatic carbocycles. The van der Waals surface area contributed by atoms with Crippen LogP contribution in [0.15, 0.2) is 35.1 Å². The Hall–Kier alpha value is -2.76. The molecule has 3 aromatic rings. The maximum atomic E-state index is 12.4. The maximum Gasteiger partial charge on any atom is 0.272 e. The second-order valence-corrected chi connectivity index (χ2v) is 6.48. The van der Waals surface area contributed by atoms with E-state index in [4.69, 9.17) is 9.47 Å². The molecule has 0 unspecified atom stereocenters. The Labute approximate surface area is 138 Å². The summed E-state index contributed by atoms with van der Waals surface area (Å²) in [4.78, 5) is 17.0. The van der Waals surface area contributed by atoms with E-state index in [-0.39, 0.29) is 12.4 Å². The van der Waals surface area contributed by atoms with E-state index in [1.54, 1.807) is 6.07 Å². The summed E-state index contributed by atoms with van der Waals surface area (Å²) in [5, 5.41) is 3.20. The van der Waals surface area contributed by atoms with E-state index in [9.17, 15) is 4.79 Å². The first kappa shape index (κ1) is 13.7. The van der Waals surface area contributed by atoms with Gasteiger partial charge in [0.2, 0.25) is 6.79 Å². The van der Waals surface area contributed by atoms with E-state index in [1.165, 1.54) is 23.8 Å². The molecule has 1 N–H and O–H groups in total. The highest BCUT2D eigenvalue weighted by atomic mass is 16.7. The van der Waals surface area contributed by atoms with E-state index in [0.29, 0.717) is 18.0 Å². The minimum atomic E-state index is -0.0682. The van der Waals surface area contributed by atoms with Gasteiger partial charge in [-0.15, -0.1) is 0 Å². The summed E-state index contributed by atoms with van der Waals surface area (Å²) in [5.41, 5.74) is 3.55. The van der Waals surface area contributed by atoms with E-state index in [1.807, 2.05) is 24.3 Å². The van der Waals surface area contributed by atoms with Gasteiger partial charge in [-0.1, -0.05) is 12.5 Å². The molecular weight excluding hydrogens is 306 g/mol. The van der Waals surface area contributed by atoms with Gasteiger partial charge in [-0.05, 0) is 30.5 Å². The van der Waals surface area contributed by atoms with Crippen molar-refractivity contribution in [1.29, 1.82) is 0 Å². The van der Waals surface area contributed by atoms with Crippen LogP contribution in [-0.2, 0) is 6.42 Å². The largest absolute Gasteiger partial charge is 0.454 e. The number of aromatic nitrogens is 3. The third kappa shape index (κ3) is 2.18. The van der Waals surface area contributed by atoms with Crippen LogP contribution in [0.5, 0.6) is 11.5 Å². The van der Waals surface area contributed by atoms with Crippen molar-refractivity contribution in [2.24, 2.45) is 0 Å². The molecule has 0 atom stereocenters. The second kappa shape index (κ2) is 5.12. The Morgan fingerprint density at radius 3 is 2.88 bits per heavy atom. The van der Waals surface area contributed by atoms with Crippen molar-refractivity contribution < 1.29 is 9.47 Å². The summed E-state index contributed by atoms with van der Waals surface area (Å²) in [6, 6.07) is 9.43. The van der Waals surface area contributed by atoms with Crippen molar-refractivity contribution >= 4 is 5.65 Å². The molecule has 1 aliphatic heterocycles. The van der Waals surface area contributed by atoms with E-state index in [2.05, 4.69) is 10.1 Å². The molecule has 0 spiro atoms. The highest BCUT2D eigenvalue weighted by molar-refractivity contribution is 5.46. The van der Waals surface area contributed by atoms with Gasteiger partial charge in [-0.2, -0.15) is 0 Å². The molecule has 1 fully saturated rings. The Balaban J connectivity index is 1.49. The van der Waals surface area contributed by atoms with Gasteiger partial charge >= 0.3 is 0 Å². The summed E-state index contributed by atoms with van der Waals surface area (Å²) in [7, 11) is 0. The molecule has 122 valence electrons. The van der Waals surface area contributed by atoms with Crippen LogP contribution in [0.1, 0.15) is 42.1 Å². The molecule has 0 saturated heterocycles. The number of nitrogens with one attached hydrogen (secondary N) is 1. The summed E-state index contributed by atoms with van der Waals surface area (Å²) >= 11 is 0. The predicted octanol–water partition coefficient (Wildman–Crippen LogP) is 2.61. The molecule has 3 heterocycles. The Kier molecular flexibility index (Phi) is 2.92. The zero-order chi connectivity index (χ0) is 16.1. The van der Waals surface area contributed by atoms with Gasteiger partial charge < -0.3 is 9.47 Å². The van der Waals surface area contributed by atoms with Crippen molar-refractivity contribution in [2.45, 2.75) is 31.6 Å². The minimum Gasteiger partial charge on any atom is -0.454 e. The van der Waals surface area contributed by atoms with E-state index >= 15 is 0 Å². The molecular formula is C18H17N3O3. The molecule has 6 nitrogen and oxygen atoms in total. The highest BCUT2D eigenvalue weighted by Crippen LogP contribution is 2.35. The van der Waals surface area contributed by atoms with Gasteiger partial charge in [0.15, 0.2) is 17.1 Å². The average molecular weight is 323 g/mol. The van der Waals surface area contributed by atoms with Gasteiger partial charge in [0.1, 0.15) is 0 Å². The lowest BCUT2D eigenvalue weighted by Gasteiger charge is -2.23. The Bertz CT molecular complexity index is 985. The molecule has 1 aliphatic carbocycles. The zero-order valence-electron chi connectivity index (χ0n) is 13.1. The van der Waals surface area contributed by atoms with Gasteiger partial charge in [0, 0.05) is 30.2 Å². The number of rotatable bonds is 3. The molecule has 5 rings (SSSR count). The third-order valence-electron chi connectivity index (χ3n) is 4.89. The Morgan fingerprint density at radius 2 is 2.04 bits per heavy atom. The summed E-state index contributed by atoms with van der Waals surface area (Å²) in [6.07, 6.45) is 4.22. The van der Waals surface area contributed by atoms with Crippen LogP contribution in [-0.4, -0.2) is 21.4 Å². The lowest BCUT2D eigenvalue weighted by molar-refractivity contribution is 0.174. The van der Waals surface area contributed by atoms with Gasteiger partial charge in [0.25, 0.3) is 5.56 Å². The van der Waals surface area contributed by atoms with Crippen molar-refractivity contribution in [2.75, 3.05) is 6.79 Å². The predicted molar refractivity (Wildman–Crippen MR) is 87.8 cm³/mol. The van der Waals surface area contributed by atoms with Crippen LogP contribution in [0.4, 0.5) is 0 Å². The smallest absolute Gasteiger partial charge is 0.272 e. The molecule has 6 heteroatoms. The zero-order valence-corrected chi connectivity index (χ0v) is 13.1. The fourth-order valence-corrected chi connectivity index (χ4v) is 3.34. The number of benzene rings is 1. The molecule has 0 radical (unpaired) electrons. The molecule has 2 aromatic heterocycles. The summed E-state index contributed by atoms with van der Waals surface area (Å²) in [6.45, 7) is 0.262. The second-order valence-electron chi connectivity index (χ2n) is 6.48.